The Kier molecular flexibility index (Phi) is 3.38. The van der Waals surface area contributed by atoms with Gasteiger partial charge in [-0.2, -0.15) is 4.99 Å². The second kappa shape index (κ2) is 5.38. The van der Waals surface area contributed by atoms with Gasteiger partial charge < -0.3 is 17.2 Å². The highest BCUT2D eigenvalue weighted by Gasteiger charge is 2.31. The topological polar surface area (TPSA) is 137 Å². The number of hydrogen-bond donors (Lipinski definition) is 3. The summed E-state index contributed by atoms with van der Waals surface area (Å²) >= 11 is 0. The first-order valence-electron chi connectivity index (χ1n) is 6.74. The summed E-state index contributed by atoms with van der Waals surface area (Å²) in [5, 5.41) is 0. The maximum absolute atomic E-state index is 12.7. The zero-order chi connectivity index (χ0) is 16.6. The number of rotatable bonds is 1. The molecule has 0 bridgehead atoms. The van der Waals surface area contributed by atoms with E-state index in [9.17, 15) is 9.59 Å². The normalized spacial score (nSPS) is 13.3. The van der Waals surface area contributed by atoms with Gasteiger partial charge in [-0.1, -0.05) is 36.4 Å². The van der Waals surface area contributed by atoms with Crippen LogP contribution in [0.1, 0.15) is 31.8 Å². The summed E-state index contributed by atoms with van der Waals surface area (Å²) < 4.78 is 0. The van der Waals surface area contributed by atoms with E-state index in [1.165, 1.54) is 0 Å². The summed E-state index contributed by atoms with van der Waals surface area (Å²) in [6.07, 6.45) is 0. The average molecular weight is 307 g/mol. The van der Waals surface area contributed by atoms with Gasteiger partial charge in [0.15, 0.2) is 17.5 Å². The third kappa shape index (κ3) is 2.44. The van der Waals surface area contributed by atoms with Gasteiger partial charge in [-0.15, -0.1) is 0 Å². The molecule has 0 atom stereocenters. The first-order chi connectivity index (χ1) is 11.0. The third-order valence-corrected chi connectivity index (χ3v) is 3.41. The van der Waals surface area contributed by atoms with Crippen LogP contribution in [-0.4, -0.2) is 23.5 Å². The molecule has 0 aromatic heterocycles. The van der Waals surface area contributed by atoms with Crippen molar-refractivity contribution in [1.82, 2.24) is 0 Å². The average Bonchev–Trinajstić information content (AvgIpc) is 2.51. The summed E-state index contributed by atoms with van der Waals surface area (Å²) in [6.45, 7) is 0. The predicted molar refractivity (Wildman–Crippen MR) is 86.8 cm³/mol. The number of carbonyl (C=O) groups excluding carboxylic acids is 2. The number of fused-ring (bicyclic) bond motifs is 2. The minimum atomic E-state index is -0.285. The van der Waals surface area contributed by atoms with Crippen LogP contribution < -0.4 is 17.2 Å². The highest BCUT2D eigenvalue weighted by molar-refractivity contribution is 6.30. The molecule has 0 radical (unpaired) electrons. The van der Waals surface area contributed by atoms with Crippen LogP contribution >= 0.6 is 0 Å². The van der Waals surface area contributed by atoms with E-state index in [1.807, 2.05) is 0 Å². The largest absolute Gasteiger partial charge is 0.370 e. The quantitative estimate of drug-likeness (QED) is 0.448. The molecule has 0 amide bonds. The Morgan fingerprint density at radius 1 is 0.783 bits per heavy atom. The molecule has 0 saturated carbocycles. The van der Waals surface area contributed by atoms with Gasteiger partial charge in [0, 0.05) is 16.7 Å². The third-order valence-electron chi connectivity index (χ3n) is 3.41. The van der Waals surface area contributed by atoms with Crippen LogP contribution in [0.15, 0.2) is 52.4 Å². The van der Waals surface area contributed by atoms with Gasteiger partial charge in [0.05, 0.1) is 11.3 Å². The Morgan fingerprint density at radius 2 is 1.39 bits per heavy atom. The fourth-order valence-corrected chi connectivity index (χ4v) is 2.50. The van der Waals surface area contributed by atoms with Gasteiger partial charge in [0.1, 0.15) is 0 Å². The van der Waals surface area contributed by atoms with Gasteiger partial charge in [0.25, 0.3) is 0 Å². The van der Waals surface area contributed by atoms with E-state index in [4.69, 9.17) is 17.2 Å². The lowest BCUT2D eigenvalue weighted by molar-refractivity contribution is 0.0979. The van der Waals surface area contributed by atoms with Crippen LogP contribution in [0.3, 0.4) is 0 Å². The Hall–Kier alpha value is -3.48. The van der Waals surface area contributed by atoms with E-state index in [2.05, 4.69) is 9.98 Å². The van der Waals surface area contributed by atoms with Crippen LogP contribution in [0.2, 0.25) is 0 Å². The van der Waals surface area contributed by atoms with E-state index in [0.29, 0.717) is 11.1 Å². The van der Waals surface area contributed by atoms with Crippen molar-refractivity contribution in [2.45, 2.75) is 0 Å². The Balaban J connectivity index is 2.21. The molecule has 2 aromatic carbocycles. The smallest absolute Gasteiger partial charge is 0.223 e. The maximum Gasteiger partial charge on any atom is 0.223 e. The predicted octanol–water partition coefficient (Wildman–Crippen LogP) is 0.682. The van der Waals surface area contributed by atoms with E-state index in [0.717, 1.165) is 0 Å². The minimum absolute atomic E-state index is 0.197. The van der Waals surface area contributed by atoms with Gasteiger partial charge in [-0.3, -0.25) is 9.59 Å². The molecule has 3 rings (SSSR count). The molecular weight excluding hydrogens is 294 g/mol. The number of benzene rings is 2. The second-order valence-corrected chi connectivity index (χ2v) is 4.91. The molecule has 1 aliphatic rings. The fourth-order valence-electron chi connectivity index (χ4n) is 2.50. The zero-order valence-corrected chi connectivity index (χ0v) is 12.0. The van der Waals surface area contributed by atoms with Gasteiger partial charge >= 0.3 is 0 Å². The summed E-state index contributed by atoms with van der Waals surface area (Å²) in [4.78, 5) is 33.0. The van der Waals surface area contributed by atoms with Gasteiger partial charge in [0.2, 0.25) is 5.96 Å². The lowest BCUT2D eigenvalue weighted by Gasteiger charge is -2.18. The lowest BCUT2D eigenvalue weighted by atomic mass is 9.83. The molecule has 1 aliphatic carbocycles. The van der Waals surface area contributed by atoms with Crippen molar-refractivity contribution < 1.29 is 9.59 Å². The number of aliphatic imine (C=N–C) groups is 2. The number of ketones is 2. The van der Waals surface area contributed by atoms with Crippen LogP contribution in [0.25, 0.3) is 0 Å². The van der Waals surface area contributed by atoms with Crippen molar-refractivity contribution >= 4 is 29.2 Å². The van der Waals surface area contributed by atoms with Gasteiger partial charge in [-0.05, 0) is 6.07 Å². The van der Waals surface area contributed by atoms with Crippen molar-refractivity contribution in [2.24, 2.45) is 27.2 Å². The number of carbonyl (C=O) groups is 2. The van der Waals surface area contributed by atoms with Crippen LogP contribution in [-0.2, 0) is 0 Å². The molecule has 0 spiro atoms. The van der Waals surface area contributed by atoms with Crippen LogP contribution in [0.4, 0.5) is 5.69 Å². The number of hydrogen-bond acceptors (Lipinski definition) is 3. The molecule has 0 fully saturated rings. The molecule has 23 heavy (non-hydrogen) atoms. The minimum Gasteiger partial charge on any atom is -0.370 e. The summed E-state index contributed by atoms with van der Waals surface area (Å²) in [5.41, 5.74) is 17.6. The van der Waals surface area contributed by atoms with Crippen molar-refractivity contribution in [1.29, 1.82) is 0 Å². The molecule has 6 N–H and O–H groups in total. The fraction of sp³-hybridized carbons (Fsp3) is 0. The van der Waals surface area contributed by atoms with E-state index in [-0.39, 0.29) is 40.3 Å². The summed E-state index contributed by atoms with van der Waals surface area (Å²) in [6, 6.07) is 11.4. The van der Waals surface area contributed by atoms with Crippen molar-refractivity contribution in [3.8, 4) is 0 Å². The number of guanidine groups is 2. The molecule has 114 valence electrons. The molecule has 0 unspecified atom stereocenters. The first kappa shape index (κ1) is 14.5. The van der Waals surface area contributed by atoms with E-state index in [1.54, 1.807) is 42.5 Å². The molecule has 0 aliphatic heterocycles. The summed E-state index contributed by atoms with van der Waals surface area (Å²) in [5.74, 6) is -0.957. The molecule has 0 saturated heterocycles. The zero-order valence-electron chi connectivity index (χ0n) is 12.0. The SMILES string of the molecule is NC(N)=NC(N)=Nc1cccc2c1C(=O)c1ccccc1C2=O. The second-order valence-electron chi connectivity index (χ2n) is 4.91. The maximum atomic E-state index is 12.7. The van der Waals surface area contributed by atoms with Crippen molar-refractivity contribution in [3.05, 3.63) is 64.7 Å². The van der Waals surface area contributed by atoms with Crippen LogP contribution in [0.5, 0.6) is 0 Å². The van der Waals surface area contributed by atoms with Gasteiger partial charge in [-0.25, -0.2) is 4.99 Å². The molecule has 7 nitrogen and oxygen atoms in total. The van der Waals surface area contributed by atoms with E-state index < -0.39 is 0 Å². The number of nitrogens with two attached hydrogens (primary N) is 3. The van der Waals surface area contributed by atoms with Crippen molar-refractivity contribution in [3.63, 3.8) is 0 Å². The monoisotopic (exact) mass is 307 g/mol. The first-order valence-corrected chi connectivity index (χ1v) is 6.74. The van der Waals surface area contributed by atoms with Crippen LogP contribution in [0, 0.1) is 0 Å². The van der Waals surface area contributed by atoms with E-state index >= 15 is 0 Å². The summed E-state index contributed by atoms with van der Waals surface area (Å²) in [7, 11) is 0. The molecule has 2 aromatic rings. The number of nitrogens with zero attached hydrogens (tertiary/aromatic N) is 2. The molecular formula is C16H13N5O2. The highest BCUT2D eigenvalue weighted by Crippen LogP contribution is 2.33. The highest BCUT2D eigenvalue weighted by atomic mass is 16.1. The Morgan fingerprint density at radius 3 is 2.04 bits per heavy atom. The standard InChI is InChI=1S/C16H13N5O2/c17-15(18)21-16(19)20-11-7-3-6-10-12(11)14(23)9-5-2-1-4-8(9)13(10)22/h1-7H,(H6,17,18,19,20,21). The Bertz CT molecular complexity index is 895. The van der Waals surface area contributed by atoms with Crippen molar-refractivity contribution in [2.75, 3.05) is 0 Å². The lowest BCUT2D eigenvalue weighted by Crippen LogP contribution is -2.26. The molecule has 7 heteroatoms. The molecule has 0 heterocycles. The Labute approximate surface area is 131 Å².